The van der Waals surface area contributed by atoms with E-state index in [1.54, 1.807) is 11.8 Å². The van der Waals surface area contributed by atoms with Crippen molar-refractivity contribution in [2.24, 2.45) is 17.6 Å². The Labute approximate surface area is 131 Å². The number of carbonyl (C=O) groups is 1. The number of amides is 1. The number of nitrogens with two attached hydrogens (primary N) is 1. The molecule has 21 heavy (non-hydrogen) atoms. The molecule has 1 saturated heterocycles. The lowest BCUT2D eigenvalue weighted by Crippen LogP contribution is -2.34. The number of hydrogen-bond acceptors (Lipinski definition) is 3. The molecule has 1 saturated carbocycles. The number of hydrogen-bond donors (Lipinski definition) is 1. The molecule has 3 rings (SSSR count). The number of aryl methyl sites for hydroxylation is 2. The van der Waals surface area contributed by atoms with Gasteiger partial charge in [-0.15, -0.1) is 11.8 Å². The maximum absolute atomic E-state index is 12.4. The summed E-state index contributed by atoms with van der Waals surface area (Å²) < 4.78 is 0. The standard InChI is InChI=1S/C17H24N2OS/c1-11-3-4-12(2)16(7-11)21-10-17(20)19-8-13-5-6-15(18)14(13)9-19/h3-4,7,13-15H,5-6,8-10,18H2,1-2H3. The predicted octanol–water partition coefficient (Wildman–Crippen LogP) is 2.59. The summed E-state index contributed by atoms with van der Waals surface area (Å²) in [6.07, 6.45) is 2.33. The number of rotatable bonds is 3. The third kappa shape index (κ3) is 3.11. The van der Waals surface area contributed by atoms with Crippen LogP contribution in [0.15, 0.2) is 23.1 Å². The van der Waals surface area contributed by atoms with Crippen molar-refractivity contribution in [3.8, 4) is 0 Å². The van der Waals surface area contributed by atoms with Crippen molar-refractivity contribution >= 4 is 17.7 Å². The van der Waals surface area contributed by atoms with Gasteiger partial charge in [0.1, 0.15) is 0 Å². The summed E-state index contributed by atoms with van der Waals surface area (Å²) >= 11 is 1.66. The highest BCUT2D eigenvalue weighted by Crippen LogP contribution is 2.37. The van der Waals surface area contributed by atoms with Gasteiger partial charge in [0.15, 0.2) is 0 Å². The molecule has 0 spiro atoms. The van der Waals surface area contributed by atoms with E-state index in [0.29, 0.717) is 23.6 Å². The van der Waals surface area contributed by atoms with Crippen molar-refractivity contribution in [1.29, 1.82) is 0 Å². The van der Waals surface area contributed by atoms with Crippen LogP contribution in [0.25, 0.3) is 0 Å². The molecule has 3 atom stereocenters. The molecular weight excluding hydrogens is 280 g/mol. The molecule has 1 aromatic carbocycles. The zero-order valence-corrected chi connectivity index (χ0v) is 13.7. The molecule has 0 radical (unpaired) electrons. The average Bonchev–Trinajstić information content (AvgIpc) is 3.02. The van der Waals surface area contributed by atoms with Gasteiger partial charge in [0, 0.05) is 24.0 Å². The minimum atomic E-state index is 0.266. The van der Waals surface area contributed by atoms with Crippen LogP contribution in [-0.2, 0) is 4.79 Å². The van der Waals surface area contributed by atoms with E-state index in [1.165, 1.54) is 22.4 Å². The molecule has 0 bridgehead atoms. The Hall–Kier alpha value is -1.00. The maximum Gasteiger partial charge on any atom is 0.232 e. The molecule has 1 amide bonds. The molecule has 2 N–H and O–H groups in total. The zero-order chi connectivity index (χ0) is 15.0. The number of benzene rings is 1. The molecule has 4 heteroatoms. The van der Waals surface area contributed by atoms with Crippen LogP contribution in [0.3, 0.4) is 0 Å². The quantitative estimate of drug-likeness (QED) is 0.873. The van der Waals surface area contributed by atoms with E-state index in [1.807, 2.05) is 4.90 Å². The van der Waals surface area contributed by atoms with Crippen LogP contribution < -0.4 is 5.73 Å². The highest BCUT2D eigenvalue weighted by atomic mass is 32.2. The zero-order valence-electron chi connectivity index (χ0n) is 12.8. The molecule has 1 aliphatic carbocycles. The van der Waals surface area contributed by atoms with Gasteiger partial charge in [0.05, 0.1) is 5.75 Å². The summed E-state index contributed by atoms with van der Waals surface area (Å²) in [7, 11) is 0. The maximum atomic E-state index is 12.4. The third-order valence-corrected chi connectivity index (χ3v) is 6.10. The van der Waals surface area contributed by atoms with Gasteiger partial charge in [-0.2, -0.15) is 0 Å². The average molecular weight is 304 g/mol. The number of thioether (sulfide) groups is 1. The summed E-state index contributed by atoms with van der Waals surface area (Å²) in [6, 6.07) is 6.72. The topological polar surface area (TPSA) is 46.3 Å². The molecule has 1 aliphatic heterocycles. The Balaban J connectivity index is 1.57. The van der Waals surface area contributed by atoms with Crippen LogP contribution in [0.1, 0.15) is 24.0 Å². The second kappa shape index (κ2) is 6.01. The lowest BCUT2D eigenvalue weighted by atomic mass is 9.98. The van der Waals surface area contributed by atoms with Crippen molar-refractivity contribution in [1.82, 2.24) is 4.90 Å². The fraction of sp³-hybridized carbons (Fsp3) is 0.588. The van der Waals surface area contributed by atoms with E-state index in [4.69, 9.17) is 5.73 Å². The van der Waals surface area contributed by atoms with Gasteiger partial charge < -0.3 is 10.6 Å². The van der Waals surface area contributed by atoms with E-state index in [9.17, 15) is 4.79 Å². The van der Waals surface area contributed by atoms with E-state index < -0.39 is 0 Å². The second-order valence-electron chi connectivity index (χ2n) is 6.52. The summed E-state index contributed by atoms with van der Waals surface area (Å²) in [5.41, 5.74) is 8.64. The normalized spacial score (nSPS) is 28.0. The van der Waals surface area contributed by atoms with Crippen LogP contribution in [0.5, 0.6) is 0 Å². The Kier molecular flexibility index (Phi) is 4.27. The van der Waals surface area contributed by atoms with Gasteiger partial charge in [-0.25, -0.2) is 0 Å². The molecule has 1 heterocycles. The molecule has 2 fully saturated rings. The minimum absolute atomic E-state index is 0.266. The summed E-state index contributed by atoms with van der Waals surface area (Å²) in [4.78, 5) is 15.7. The summed E-state index contributed by atoms with van der Waals surface area (Å²) in [5.74, 6) is 2.00. The van der Waals surface area contributed by atoms with Crippen LogP contribution in [0.2, 0.25) is 0 Å². The van der Waals surface area contributed by atoms with Gasteiger partial charge in [-0.3, -0.25) is 4.79 Å². The van der Waals surface area contributed by atoms with Crippen LogP contribution in [0, 0.1) is 25.7 Å². The number of nitrogens with zero attached hydrogens (tertiary/aromatic N) is 1. The van der Waals surface area contributed by atoms with E-state index in [0.717, 1.165) is 19.5 Å². The first-order chi connectivity index (χ1) is 10.0. The minimum Gasteiger partial charge on any atom is -0.341 e. The SMILES string of the molecule is Cc1ccc(C)c(SCC(=O)N2CC3CCC(N)C3C2)c1. The van der Waals surface area contributed by atoms with Crippen LogP contribution in [0.4, 0.5) is 0 Å². The molecule has 3 nitrogen and oxygen atoms in total. The van der Waals surface area contributed by atoms with Crippen LogP contribution >= 0.6 is 11.8 Å². The van der Waals surface area contributed by atoms with Gasteiger partial charge in [-0.05, 0) is 50.2 Å². The Morgan fingerprint density at radius 2 is 2.14 bits per heavy atom. The predicted molar refractivity (Wildman–Crippen MR) is 87.4 cm³/mol. The fourth-order valence-corrected chi connectivity index (χ4v) is 4.63. The van der Waals surface area contributed by atoms with Gasteiger partial charge >= 0.3 is 0 Å². The summed E-state index contributed by atoms with van der Waals surface area (Å²) in [5, 5.41) is 0. The first-order valence-corrected chi connectivity index (χ1v) is 8.76. The molecule has 2 aliphatic rings. The van der Waals surface area contributed by atoms with Crippen LogP contribution in [-0.4, -0.2) is 35.7 Å². The first-order valence-electron chi connectivity index (χ1n) is 7.78. The smallest absolute Gasteiger partial charge is 0.232 e. The number of carbonyl (C=O) groups excluding carboxylic acids is 1. The van der Waals surface area contributed by atoms with Gasteiger partial charge in [-0.1, -0.05) is 17.7 Å². The third-order valence-electron chi connectivity index (χ3n) is 4.96. The highest BCUT2D eigenvalue weighted by molar-refractivity contribution is 8.00. The van der Waals surface area contributed by atoms with Crippen molar-refractivity contribution in [3.05, 3.63) is 29.3 Å². The van der Waals surface area contributed by atoms with Crippen molar-refractivity contribution < 1.29 is 4.79 Å². The van der Waals surface area contributed by atoms with E-state index in [-0.39, 0.29) is 5.91 Å². The summed E-state index contributed by atoms with van der Waals surface area (Å²) in [6.45, 7) is 5.99. The molecule has 114 valence electrons. The van der Waals surface area contributed by atoms with Crippen molar-refractivity contribution in [2.75, 3.05) is 18.8 Å². The monoisotopic (exact) mass is 304 g/mol. The molecular formula is C17H24N2OS. The largest absolute Gasteiger partial charge is 0.341 e. The molecule has 0 aromatic heterocycles. The number of fused-ring (bicyclic) bond motifs is 1. The van der Waals surface area contributed by atoms with Gasteiger partial charge in [0.2, 0.25) is 5.91 Å². The van der Waals surface area contributed by atoms with Gasteiger partial charge in [0.25, 0.3) is 0 Å². The lowest BCUT2D eigenvalue weighted by molar-refractivity contribution is -0.127. The van der Waals surface area contributed by atoms with Crippen molar-refractivity contribution in [3.63, 3.8) is 0 Å². The Morgan fingerprint density at radius 3 is 2.90 bits per heavy atom. The Bertz CT molecular complexity index is 546. The Morgan fingerprint density at radius 1 is 1.33 bits per heavy atom. The first kappa shape index (κ1) is 14.9. The van der Waals surface area contributed by atoms with E-state index >= 15 is 0 Å². The highest BCUT2D eigenvalue weighted by Gasteiger charge is 2.42. The lowest BCUT2D eigenvalue weighted by Gasteiger charge is -2.19. The fourth-order valence-electron chi connectivity index (χ4n) is 3.60. The second-order valence-corrected chi connectivity index (χ2v) is 7.54. The molecule has 1 aromatic rings. The molecule has 3 unspecified atom stereocenters. The van der Waals surface area contributed by atoms with Crippen molar-refractivity contribution in [2.45, 2.75) is 37.6 Å². The number of likely N-dealkylation sites (tertiary alicyclic amines) is 1. The van der Waals surface area contributed by atoms with E-state index in [2.05, 4.69) is 32.0 Å².